The lowest BCUT2D eigenvalue weighted by Gasteiger charge is -2.34. The number of hydrogen-bond donors (Lipinski definition) is 0. The number of aromatic nitrogens is 2. The molecule has 4 rings (SSSR count). The molecule has 1 saturated heterocycles. The lowest BCUT2D eigenvalue weighted by atomic mass is 10.2. The molecule has 2 aromatic heterocycles. The minimum atomic E-state index is -0.139. The minimum Gasteiger partial charge on any atom is -0.459 e. The van der Waals surface area contributed by atoms with Crippen LogP contribution in [0.2, 0.25) is 5.02 Å². The molecule has 3 heterocycles. The Morgan fingerprint density at radius 1 is 1.03 bits per heavy atom. The van der Waals surface area contributed by atoms with Gasteiger partial charge in [0.1, 0.15) is 0 Å². The van der Waals surface area contributed by atoms with Gasteiger partial charge in [0.25, 0.3) is 5.91 Å². The third kappa shape index (κ3) is 4.71. The van der Waals surface area contributed by atoms with E-state index in [1.807, 2.05) is 12.1 Å². The first-order chi connectivity index (χ1) is 14.6. The highest BCUT2D eigenvalue weighted by Gasteiger charge is 2.25. The molecule has 2 amide bonds. The number of nitrogens with zero attached hydrogens (tertiary/aromatic N) is 4. The zero-order valence-electron chi connectivity index (χ0n) is 16.3. The zero-order chi connectivity index (χ0) is 20.9. The van der Waals surface area contributed by atoms with Crippen LogP contribution in [0.4, 0.5) is 0 Å². The van der Waals surface area contributed by atoms with Crippen LogP contribution in [-0.4, -0.2) is 57.9 Å². The summed E-state index contributed by atoms with van der Waals surface area (Å²) in [5.41, 5.74) is 0.826. The lowest BCUT2D eigenvalue weighted by molar-refractivity contribution is -0.132. The van der Waals surface area contributed by atoms with Gasteiger partial charge in [-0.1, -0.05) is 16.8 Å². The van der Waals surface area contributed by atoms with E-state index in [0.29, 0.717) is 67.9 Å². The SMILES string of the molecule is O=C(CCCc1nc(-c2ccc(Cl)cc2)no1)N1CCN(C(=O)c2ccco2)CC1. The Labute approximate surface area is 178 Å². The van der Waals surface area contributed by atoms with Crippen LogP contribution in [0.1, 0.15) is 29.3 Å². The summed E-state index contributed by atoms with van der Waals surface area (Å²) in [6.07, 6.45) is 3.02. The van der Waals surface area contributed by atoms with Crippen LogP contribution in [0, 0.1) is 0 Å². The molecule has 0 saturated carbocycles. The maximum atomic E-state index is 12.5. The summed E-state index contributed by atoms with van der Waals surface area (Å²) in [6.45, 7) is 2.04. The van der Waals surface area contributed by atoms with Crippen molar-refractivity contribution in [3.8, 4) is 11.4 Å². The van der Waals surface area contributed by atoms with Crippen LogP contribution in [0.3, 0.4) is 0 Å². The quantitative estimate of drug-likeness (QED) is 0.598. The first-order valence-electron chi connectivity index (χ1n) is 9.79. The van der Waals surface area contributed by atoms with Crippen molar-refractivity contribution in [1.82, 2.24) is 19.9 Å². The topological polar surface area (TPSA) is 92.7 Å². The van der Waals surface area contributed by atoms with E-state index in [0.717, 1.165) is 5.56 Å². The predicted octanol–water partition coefficient (Wildman–Crippen LogP) is 3.29. The molecule has 156 valence electrons. The van der Waals surface area contributed by atoms with Gasteiger partial charge >= 0.3 is 0 Å². The smallest absolute Gasteiger partial charge is 0.289 e. The highest BCUT2D eigenvalue weighted by Crippen LogP contribution is 2.19. The molecular weight excluding hydrogens is 408 g/mol. The minimum absolute atomic E-state index is 0.0672. The Balaban J connectivity index is 1.21. The monoisotopic (exact) mass is 428 g/mol. The maximum absolute atomic E-state index is 12.5. The molecule has 0 unspecified atom stereocenters. The Hall–Kier alpha value is -3.13. The molecule has 9 heteroatoms. The van der Waals surface area contributed by atoms with Gasteiger partial charge in [0.2, 0.25) is 17.6 Å². The molecule has 1 aliphatic rings. The molecule has 1 aromatic carbocycles. The molecule has 1 fully saturated rings. The molecule has 0 radical (unpaired) electrons. The Morgan fingerprint density at radius 3 is 2.47 bits per heavy atom. The molecular formula is C21H21ClN4O4. The third-order valence-corrected chi connectivity index (χ3v) is 5.26. The van der Waals surface area contributed by atoms with E-state index < -0.39 is 0 Å². The molecule has 0 bridgehead atoms. The largest absolute Gasteiger partial charge is 0.459 e. The normalized spacial score (nSPS) is 14.2. The fourth-order valence-corrected chi connectivity index (χ4v) is 3.46. The van der Waals surface area contributed by atoms with Gasteiger partial charge in [-0.25, -0.2) is 0 Å². The Morgan fingerprint density at radius 2 is 1.77 bits per heavy atom. The number of benzene rings is 1. The molecule has 3 aromatic rings. The molecule has 0 aliphatic carbocycles. The van der Waals surface area contributed by atoms with Crippen LogP contribution >= 0.6 is 11.6 Å². The Bertz CT molecular complexity index is 992. The summed E-state index contributed by atoms with van der Waals surface area (Å²) in [4.78, 5) is 32.6. The van der Waals surface area contributed by atoms with Gasteiger partial charge in [-0.15, -0.1) is 0 Å². The zero-order valence-corrected chi connectivity index (χ0v) is 17.0. The Kier molecular flexibility index (Phi) is 6.13. The number of halogens is 1. The third-order valence-electron chi connectivity index (χ3n) is 5.00. The van der Waals surface area contributed by atoms with E-state index in [2.05, 4.69) is 10.1 Å². The number of aryl methyl sites for hydroxylation is 1. The van der Waals surface area contributed by atoms with Gasteiger partial charge in [0.15, 0.2) is 5.76 Å². The van der Waals surface area contributed by atoms with Crippen molar-refractivity contribution in [2.24, 2.45) is 0 Å². The van der Waals surface area contributed by atoms with E-state index in [4.69, 9.17) is 20.5 Å². The fraction of sp³-hybridized carbons (Fsp3) is 0.333. The summed E-state index contributed by atoms with van der Waals surface area (Å²) in [5.74, 6) is 1.26. The van der Waals surface area contributed by atoms with Crippen LogP contribution in [0.25, 0.3) is 11.4 Å². The highest BCUT2D eigenvalue weighted by atomic mass is 35.5. The number of carbonyl (C=O) groups is 2. The van der Waals surface area contributed by atoms with Crippen LogP contribution in [0.15, 0.2) is 51.6 Å². The maximum Gasteiger partial charge on any atom is 0.289 e. The van der Waals surface area contributed by atoms with Crippen molar-refractivity contribution in [3.63, 3.8) is 0 Å². The van der Waals surface area contributed by atoms with Crippen molar-refractivity contribution in [1.29, 1.82) is 0 Å². The van der Waals surface area contributed by atoms with E-state index in [1.165, 1.54) is 6.26 Å². The molecule has 0 N–H and O–H groups in total. The first kappa shape index (κ1) is 20.2. The van der Waals surface area contributed by atoms with Crippen LogP contribution in [-0.2, 0) is 11.2 Å². The van der Waals surface area contributed by atoms with Gasteiger partial charge in [-0.05, 0) is 42.8 Å². The second-order valence-corrected chi connectivity index (χ2v) is 7.46. The summed E-state index contributed by atoms with van der Waals surface area (Å²) in [6, 6.07) is 10.5. The van der Waals surface area contributed by atoms with Gasteiger partial charge in [-0.3, -0.25) is 9.59 Å². The first-order valence-corrected chi connectivity index (χ1v) is 10.2. The summed E-state index contributed by atoms with van der Waals surface area (Å²) in [7, 11) is 0. The number of furan rings is 1. The van der Waals surface area contributed by atoms with E-state index in [1.54, 1.807) is 34.1 Å². The molecule has 8 nitrogen and oxygen atoms in total. The number of rotatable bonds is 6. The van der Waals surface area contributed by atoms with Crippen LogP contribution < -0.4 is 0 Å². The van der Waals surface area contributed by atoms with Gasteiger partial charge in [0.05, 0.1) is 6.26 Å². The standard InChI is InChI=1S/C21H21ClN4O4/c22-16-8-6-15(7-9-16)20-23-18(30-24-20)4-1-5-19(27)25-10-12-26(13-11-25)21(28)17-3-2-14-29-17/h2-3,6-9,14H,1,4-5,10-13H2. The molecule has 0 spiro atoms. The van der Waals surface area contributed by atoms with Gasteiger partial charge < -0.3 is 18.7 Å². The van der Waals surface area contributed by atoms with Gasteiger partial charge in [-0.2, -0.15) is 4.98 Å². The summed E-state index contributed by atoms with van der Waals surface area (Å²) >= 11 is 5.89. The van der Waals surface area contributed by atoms with E-state index >= 15 is 0 Å². The van der Waals surface area contributed by atoms with Crippen molar-refractivity contribution in [2.75, 3.05) is 26.2 Å². The van der Waals surface area contributed by atoms with Crippen LogP contribution in [0.5, 0.6) is 0 Å². The fourth-order valence-electron chi connectivity index (χ4n) is 3.34. The number of carbonyl (C=O) groups excluding carboxylic acids is 2. The van der Waals surface area contributed by atoms with E-state index in [-0.39, 0.29) is 11.8 Å². The van der Waals surface area contributed by atoms with Crippen molar-refractivity contribution < 1.29 is 18.5 Å². The highest BCUT2D eigenvalue weighted by molar-refractivity contribution is 6.30. The number of amides is 2. The second kappa shape index (κ2) is 9.13. The number of piperazine rings is 1. The average Bonchev–Trinajstić information content (AvgIpc) is 3.46. The van der Waals surface area contributed by atoms with Crippen molar-refractivity contribution >= 4 is 23.4 Å². The summed E-state index contributed by atoms with van der Waals surface area (Å²) in [5, 5.41) is 4.63. The van der Waals surface area contributed by atoms with E-state index in [9.17, 15) is 9.59 Å². The number of hydrogen-bond acceptors (Lipinski definition) is 6. The molecule has 1 aliphatic heterocycles. The second-order valence-electron chi connectivity index (χ2n) is 7.02. The molecule has 0 atom stereocenters. The predicted molar refractivity (Wildman–Crippen MR) is 109 cm³/mol. The summed E-state index contributed by atoms with van der Waals surface area (Å²) < 4.78 is 10.4. The van der Waals surface area contributed by atoms with Crippen molar-refractivity contribution in [3.05, 3.63) is 59.3 Å². The molecule has 30 heavy (non-hydrogen) atoms. The average molecular weight is 429 g/mol. The van der Waals surface area contributed by atoms with Crippen molar-refractivity contribution in [2.45, 2.75) is 19.3 Å². The van der Waals surface area contributed by atoms with Gasteiger partial charge in [0, 0.05) is 49.6 Å². The lowest BCUT2D eigenvalue weighted by Crippen LogP contribution is -2.50.